The van der Waals surface area contributed by atoms with Crippen LogP contribution in [0.4, 0.5) is 0 Å². The summed E-state index contributed by atoms with van der Waals surface area (Å²) in [5, 5.41) is 11.8. The summed E-state index contributed by atoms with van der Waals surface area (Å²) in [6, 6.07) is 1.65. The summed E-state index contributed by atoms with van der Waals surface area (Å²) in [6.07, 6.45) is 6.66. The van der Waals surface area contributed by atoms with E-state index in [1.54, 1.807) is 22.9 Å². The number of piperazine rings is 1. The Morgan fingerprint density at radius 2 is 1.93 bits per heavy atom. The summed E-state index contributed by atoms with van der Waals surface area (Å²) < 4.78 is 4.98. The molecular weight excluding hydrogens is 364 g/mol. The monoisotopic (exact) mass is 388 g/mol. The van der Waals surface area contributed by atoms with Gasteiger partial charge in [-0.1, -0.05) is 12.8 Å². The van der Waals surface area contributed by atoms with Crippen molar-refractivity contribution in [3.05, 3.63) is 45.7 Å². The highest BCUT2D eigenvalue weighted by Crippen LogP contribution is 2.40. The van der Waals surface area contributed by atoms with Crippen LogP contribution in [0, 0.1) is 16.0 Å². The number of likely N-dealkylation sites (N-methyl/N-ethyl adjacent to an activating group) is 1. The van der Waals surface area contributed by atoms with Gasteiger partial charge in [0.1, 0.15) is 12.0 Å². The summed E-state index contributed by atoms with van der Waals surface area (Å²) in [5.74, 6) is -0.611. The maximum Gasteiger partial charge on any atom is 0.352 e. The molecule has 3 aliphatic rings. The van der Waals surface area contributed by atoms with Crippen molar-refractivity contribution in [3.8, 4) is 0 Å². The van der Waals surface area contributed by atoms with Crippen molar-refractivity contribution in [3.63, 3.8) is 0 Å². The van der Waals surface area contributed by atoms with Gasteiger partial charge in [0.2, 0.25) is 0 Å². The van der Waals surface area contributed by atoms with Gasteiger partial charge >= 0.3 is 11.6 Å². The van der Waals surface area contributed by atoms with Crippen LogP contribution in [0.2, 0.25) is 0 Å². The third kappa shape index (κ3) is 3.04. The molecule has 0 N–H and O–H groups in total. The Labute approximate surface area is 162 Å². The van der Waals surface area contributed by atoms with Gasteiger partial charge in [-0.05, 0) is 18.9 Å². The van der Waals surface area contributed by atoms with Crippen molar-refractivity contribution in [2.45, 2.75) is 31.7 Å². The highest BCUT2D eigenvalue weighted by molar-refractivity contribution is 5.94. The zero-order valence-electron chi connectivity index (χ0n) is 15.9. The molecule has 150 valence electrons. The molecule has 3 heterocycles. The van der Waals surface area contributed by atoms with Crippen LogP contribution in [0.5, 0.6) is 0 Å². The van der Waals surface area contributed by atoms with E-state index >= 15 is 0 Å². The number of amides is 2. The lowest BCUT2D eigenvalue weighted by atomic mass is 9.78. The van der Waals surface area contributed by atoms with Crippen molar-refractivity contribution in [2.75, 3.05) is 33.2 Å². The van der Waals surface area contributed by atoms with Crippen LogP contribution in [-0.2, 0) is 4.79 Å². The number of nitro groups is 1. The van der Waals surface area contributed by atoms with Crippen LogP contribution in [0.1, 0.15) is 36.0 Å². The molecule has 1 saturated carbocycles. The molecule has 4 rings (SSSR count). The average molecular weight is 388 g/mol. The number of hydrogen-bond acceptors (Lipinski definition) is 6. The third-order valence-electron chi connectivity index (χ3n) is 6.20. The number of hydrogen-bond donors (Lipinski definition) is 0. The molecule has 2 aliphatic heterocycles. The van der Waals surface area contributed by atoms with Gasteiger partial charge in [0.25, 0.3) is 5.91 Å². The molecule has 1 aliphatic carbocycles. The predicted molar refractivity (Wildman–Crippen MR) is 98.7 cm³/mol. The minimum atomic E-state index is -0.526. The molecule has 28 heavy (non-hydrogen) atoms. The Morgan fingerprint density at radius 1 is 1.21 bits per heavy atom. The molecule has 2 fully saturated rings. The number of fused-ring (bicyclic) bond motifs is 1. The predicted octanol–water partition coefficient (Wildman–Crippen LogP) is 1.56. The van der Waals surface area contributed by atoms with Crippen LogP contribution in [-0.4, -0.2) is 70.7 Å². The van der Waals surface area contributed by atoms with Gasteiger partial charge in [-0.2, -0.15) is 0 Å². The Morgan fingerprint density at radius 3 is 2.57 bits per heavy atom. The quantitative estimate of drug-likeness (QED) is 0.575. The van der Waals surface area contributed by atoms with Crippen LogP contribution >= 0.6 is 0 Å². The first-order valence-electron chi connectivity index (χ1n) is 9.71. The van der Waals surface area contributed by atoms with Gasteiger partial charge in [0, 0.05) is 45.2 Å². The van der Waals surface area contributed by atoms with Crippen molar-refractivity contribution in [1.29, 1.82) is 0 Å². The van der Waals surface area contributed by atoms with Crippen LogP contribution < -0.4 is 0 Å². The second-order valence-corrected chi connectivity index (χ2v) is 7.66. The molecule has 2 atom stereocenters. The summed E-state index contributed by atoms with van der Waals surface area (Å²) in [4.78, 5) is 41.7. The molecule has 2 amide bonds. The van der Waals surface area contributed by atoms with Gasteiger partial charge < -0.3 is 19.1 Å². The fourth-order valence-electron chi connectivity index (χ4n) is 4.77. The Kier molecular flexibility index (Phi) is 4.82. The summed E-state index contributed by atoms with van der Waals surface area (Å²) in [5.41, 5.74) is 0.786. The summed E-state index contributed by atoms with van der Waals surface area (Å²) >= 11 is 0. The SMILES string of the molecule is CN1C(=O)C([N+](=O)[O-])=C(N2CCN(C(=O)c3ccoc3)CC2)C2CCCCC21. The first-order chi connectivity index (χ1) is 13.5. The molecule has 1 saturated heterocycles. The van der Waals surface area contributed by atoms with E-state index in [-0.39, 0.29) is 23.6 Å². The second-order valence-electron chi connectivity index (χ2n) is 7.66. The van der Waals surface area contributed by atoms with E-state index in [9.17, 15) is 19.7 Å². The molecule has 1 aromatic heterocycles. The van der Waals surface area contributed by atoms with Crippen LogP contribution in [0.15, 0.2) is 34.4 Å². The number of rotatable bonds is 3. The maximum atomic E-state index is 12.7. The lowest BCUT2D eigenvalue weighted by molar-refractivity contribution is -0.424. The molecule has 0 radical (unpaired) electrons. The molecule has 0 aromatic carbocycles. The highest BCUT2D eigenvalue weighted by atomic mass is 16.6. The zero-order valence-corrected chi connectivity index (χ0v) is 15.9. The van der Waals surface area contributed by atoms with E-state index in [1.807, 2.05) is 4.90 Å². The smallest absolute Gasteiger partial charge is 0.352 e. The highest BCUT2D eigenvalue weighted by Gasteiger charge is 2.48. The fraction of sp³-hybridized carbons (Fsp3) is 0.579. The molecule has 0 bridgehead atoms. The van der Waals surface area contributed by atoms with E-state index < -0.39 is 10.8 Å². The topological polar surface area (TPSA) is 100 Å². The van der Waals surface area contributed by atoms with Gasteiger partial charge in [0.05, 0.1) is 16.7 Å². The van der Waals surface area contributed by atoms with E-state index in [4.69, 9.17) is 4.42 Å². The van der Waals surface area contributed by atoms with Gasteiger partial charge in [0.15, 0.2) is 0 Å². The minimum absolute atomic E-state index is 0.00650. The Balaban J connectivity index is 1.58. The lowest BCUT2D eigenvalue weighted by Gasteiger charge is -2.46. The third-order valence-corrected chi connectivity index (χ3v) is 6.20. The van der Waals surface area contributed by atoms with Crippen molar-refractivity contribution < 1.29 is 18.9 Å². The van der Waals surface area contributed by atoms with Crippen LogP contribution in [0.25, 0.3) is 0 Å². The largest absolute Gasteiger partial charge is 0.472 e. The molecular formula is C19H24N4O5. The molecule has 2 unspecified atom stereocenters. The zero-order chi connectivity index (χ0) is 19.8. The van der Waals surface area contributed by atoms with E-state index in [0.29, 0.717) is 37.4 Å². The van der Waals surface area contributed by atoms with E-state index in [1.165, 1.54) is 12.5 Å². The molecule has 0 spiro atoms. The number of carbonyl (C=O) groups is 2. The average Bonchev–Trinajstić information content (AvgIpc) is 3.25. The summed E-state index contributed by atoms with van der Waals surface area (Å²) in [6.45, 7) is 1.88. The first-order valence-corrected chi connectivity index (χ1v) is 9.71. The van der Waals surface area contributed by atoms with Crippen molar-refractivity contribution in [2.24, 2.45) is 5.92 Å². The Bertz CT molecular complexity index is 810. The maximum absolute atomic E-state index is 12.7. The number of furan rings is 1. The van der Waals surface area contributed by atoms with E-state index in [0.717, 1.165) is 25.7 Å². The lowest BCUT2D eigenvalue weighted by Crippen LogP contribution is -2.56. The molecule has 1 aromatic rings. The van der Waals surface area contributed by atoms with Gasteiger partial charge in [-0.15, -0.1) is 0 Å². The first kappa shape index (κ1) is 18.5. The van der Waals surface area contributed by atoms with Gasteiger partial charge in [-0.3, -0.25) is 19.7 Å². The van der Waals surface area contributed by atoms with Gasteiger partial charge in [-0.25, -0.2) is 0 Å². The Hall–Kier alpha value is -2.84. The number of nitrogens with zero attached hydrogens (tertiary/aromatic N) is 4. The molecule has 9 nitrogen and oxygen atoms in total. The fourth-order valence-corrected chi connectivity index (χ4v) is 4.77. The standard InChI is InChI=1S/C19H24N4O5/c1-20-15-5-3-2-4-14(15)16(17(19(20)25)23(26)27)21-7-9-22(10-8-21)18(24)13-6-11-28-12-13/h6,11-12,14-15H,2-5,7-10H2,1H3. The van der Waals surface area contributed by atoms with Crippen LogP contribution in [0.3, 0.4) is 0 Å². The molecule has 9 heteroatoms. The second kappa shape index (κ2) is 7.29. The summed E-state index contributed by atoms with van der Waals surface area (Å²) in [7, 11) is 1.67. The van der Waals surface area contributed by atoms with Crippen molar-refractivity contribution in [1.82, 2.24) is 14.7 Å². The normalized spacial score (nSPS) is 25.8. The number of carbonyl (C=O) groups excluding carboxylic acids is 2. The van der Waals surface area contributed by atoms with E-state index in [2.05, 4.69) is 0 Å². The van der Waals surface area contributed by atoms with Crippen molar-refractivity contribution >= 4 is 11.8 Å². The minimum Gasteiger partial charge on any atom is -0.472 e.